The molecule has 4 heteroatoms. The average Bonchev–Trinajstić information content (AvgIpc) is 3.10. The first-order chi connectivity index (χ1) is 12.2. The van der Waals surface area contributed by atoms with Gasteiger partial charge >= 0.3 is 0 Å². The zero-order valence-electron chi connectivity index (χ0n) is 13.3. The fourth-order valence-corrected chi connectivity index (χ4v) is 2.99. The first kappa shape index (κ1) is 15.5. The van der Waals surface area contributed by atoms with Crippen molar-refractivity contribution in [3.05, 3.63) is 83.9 Å². The minimum Gasteiger partial charge on any atom is -0.507 e. The number of nitrogens with one attached hydrogen (secondary N) is 1. The second-order valence-corrected chi connectivity index (χ2v) is 6.14. The van der Waals surface area contributed by atoms with Crippen LogP contribution in [0.3, 0.4) is 0 Å². The quantitative estimate of drug-likeness (QED) is 0.494. The normalized spacial score (nSPS) is 10.8. The van der Waals surface area contributed by atoms with Crippen LogP contribution in [0.4, 0.5) is 0 Å². The molecule has 0 saturated heterocycles. The number of rotatable bonds is 3. The van der Waals surface area contributed by atoms with E-state index >= 15 is 0 Å². The average molecular weight is 347 g/mol. The van der Waals surface area contributed by atoms with Crippen LogP contribution in [0.2, 0.25) is 5.02 Å². The predicted molar refractivity (Wildman–Crippen MR) is 102 cm³/mol. The molecular formula is C21H15ClN2O. The maximum absolute atomic E-state index is 10.2. The molecule has 0 unspecified atom stereocenters. The van der Waals surface area contributed by atoms with Crippen LogP contribution >= 0.6 is 11.6 Å². The Bertz CT molecular complexity index is 954. The third-order valence-corrected chi connectivity index (χ3v) is 4.26. The van der Waals surface area contributed by atoms with E-state index in [1.807, 2.05) is 60.7 Å². The summed E-state index contributed by atoms with van der Waals surface area (Å²) in [5, 5.41) is 10.8. The Morgan fingerprint density at radius 2 is 1.44 bits per heavy atom. The minimum absolute atomic E-state index is 0.136. The number of benzene rings is 3. The van der Waals surface area contributed by atoms with Crippen LogP contribution in [0.5, 0.6) is 5.75 Å². The SMILES string of the molecule is Oc1ccc(Cl)cc1-c1nc(-c2ccccc2)c(-c2ccccc2)[nH]1. The number of phenols is 1. The van der Waals surface area contributed by atoms with Gasteiger partial charge in [-0.05, 0) is 18.2 Å². The first-order valence-corrected chi connectivity index (χ1v) is 8.30. The van der Waals surface area contributed by atoms with E-state index in [4.69, 9.17) is 16.6 Å². The van der Waals surface area contributed by atoms with Crippen LogP contribution in [0.1, 0.15) is 0 Å². The second-order valence-electron chi connectivity index (χ2n) is 5.70. The van der Waals surface area contributed by atoms with Gasteiger partial charge in [0, 0.05) is 16.1 Å². The second kappa shape index (κ2) is 6.46. The number of aromatic hydroxyl groups is 1. The van der Waals surface area contributed by atoms with Crippen molar-refractivity contribution in [3.8, 4) is 39.7 Å². The summed E-state index contributed by atoms with van der Waals surface area (Å²) in [7, 11) is 0. The fraction of sp³-hybridized carbons (Fsp3) is 0. The van der Waals surface area contributed by atoms with Gasteiger partial charge < -0.3 is 10.1 Å². The summed E-state index contributed by atoms with van der Waals surface area (Å²) >= 11 is 6.09. The summed E-state index contributed by atoms with van der Waals surface area (Å²) in [4.78, 5) is 8.11. The van der Waals surface area contributed by atoms with E-state index in [0.29, 0.717) is 16.4 Å². The fourth-order valence-electron chi connectivity index (χ4n) is 2.82. The van der Waals surface area contributed by atoms with Gasteiger partial charge in [0.25, 0.3) is 0 Å². The lowest BCUT2D eigenvalue weighted by Crippen LogP contribution is -1.82. The number of hydrogen-bond donors (Lipinski definition) is 2. The molecule has 122 valence electrons. The van der Waals surface area contributed by atoms with E-state index < -0.39 is 0 Å². The van der Waals surface area contributed by atoms with Crippen molar-refractivity contribution in [2.24, 2.45) is 0 Å². The molecule has 3 aromatic carbocycles. The molecule has 0 amide bonds. The van der Waals surface area contributed by atoms with Gasteiger partial charge in [-0.15, -0.1) is 0 Å². The summed E-state index contributed by atoms with van der Waals surface area (Å²) in [6.07, 6.45) is 0. The third kappa shape index (κ3) is 3.02. The van der Waals surface area contributed by atoms with Crippen molar-refractivity contribution in [2.75, 3.05) is 0 Å². The van der Waals surface area contributed by atoms with Gasteiger partial charge in [0.2, 0.25) is 0 Å². The lowest BCUT2D eigenvalue weighted by molar-refractivity contribution is 0.477. The van der Waals surface area contributed by atoms with Gasteiger partial charge in [-0.2, -0.15) is 0 Å². The van der Waals surface area contributed by atoms with Crippen molar-refractivity contribution in [1.29, 1.82) is 0 Å². The highest BCUT2D eigenvalue weighted by molar-refractivity contribution is 6.30. The van der Waals surface area contributed by atoms with Crippen LogP contribution in [0.25, 0.3) is 33.9 Å². The Morgan fingerprint density at radius 3 is 2.12 bits per heavy atom. The highest BCUT2D eigenvalue weighted by Gasteiger charge is 2.17. The van der Waals surface area contributed by atoms with E-state index in [0.717, 1.165) is 22.5 Å². The van der Waals surface area contributed by atoms with Gasteiger partial charge in [-0.25, -0.2) is 4.98 Å². The van der Waals surface area contributed by atoms with Crippen molar-refractivity contribution in [3.63, 3.8) is 0 Å². The minimum atomic E-state index is 0.136. The molecule has 4 rings (SSSR count). The smallest absolute Gasteiger partial charge is 0.142 e. The molecule has 1 heterocycles. The number of aromatic nitrogens is 2. The highest BCUT2D eigenvalue weighted by Crippen LogP contribution is 2.36. The van der Waals surface area contributed by atoms with Gasteiger partial charge in [-0.3, -0.25) is 0 Å². The molecular weight excluding hydrogens is 332 g/mol. The van der Waals surface area contributed by atoms with Crippen molar-refractivity contribution in [1.82, 2.24) is 9.97 Å². The number of imidazole rings is 1. The highest BCUT2D eigenvalue weighted by atomic mass is 35.5. The number of nitrogens with zero attached hydrogens (tertiary/aromatic N) is 1. The van der Waals surface area contributed by atoms with E-state index in [1.165, 1.54) is 0 Å². The zero-order valence-corrected chi connectivity index (χ0v) is 14.0. The lowest BCUT2D eigenvalue weighted by Gasteiger charge is -2.02. The van der Waals surface area contributed by atoms with Crippen LogP contribution < -0.4 is 0 Å². The Morgan fingerprint density at radius 1 is 0.800 bits per heavy atom. The van der Waals surface area contributed by atoms with Gasteiger partial charge in [0.1, 0.15) is 11.6 Å². The van der Waals surface area contributed by atoms with Gasteiger partial charge in [0.05, 0.1) is 17.0 Å². The molecule has 0 aliphatic rings. The largest absolute Gasteiger partial charge is 0.507 e. The molecule has 0 bridgehead atoms. The molecule has 0 atom stereocenters. The Kier molecular flexibility index (Phi) is 4.00. The van der Waals surface area contributed by atoms with Crippen molar-refractivity contribution in [2.45, 2.75) is 0 Å². The molecule has 0 aliphatic heterocycles. The third-order valence-electron chi connectivity index (χ3n) is 4.03. The van der Waals surface area contributed by atoms with E-state index in [9.17, 15) is 5.11 Å². The van der Waals surface area contributed by atoms with Crippen molar-refractivity contribution < 1.29 is 5.11 Å². The van der Waals surface area contributed by atoms with Gasteiger partial charge in [0.15, 0.2) is 0 Å². The van der Waals surface area contributed by atoms with Crippen LogP contribution in [0, 0.1) is 0 Å². The molecule has 0 spiro atoms. The summed E-state index contributed by atoms with van der Waals surface area (Å²) < 4.78 is 0. The molecule has 0 saturated carbocycles. The zero-order chi connectivity index (χ0) is 17.2. The van der Waals surface area contributed by atoms with E-state index in [2.05, 4.69) is 4.98 Å². The molecule has 0 radical (unpaired) electrons. The van der Waals surface area contributed by atoms with Crippen molar-refractivity contribution >= 4 is 11.6 Å². The summed E-state index contributed by atoms with van der Waals surface area (Å²) in [5.74, 6) is 0.718. The number of H-pyrrole nitrogens is 1. The molecule has 25 heavy (non-hydrogen) atoms. The van der Waals surface area contributed by atoms with Crippen LogP contribution in [0.15, 0.2) is 78.9 Å². The Balaban J connectivity index is 1.94. The summed E-state index contributed by atoms with van der Waals surface area (Å²) in [5.41, 5.74) is 4.35. The number of hydrogen-bond acceptors (Lipinski definition) is 2. The maximum Gasteiger partial charge on any atom is 0.142 e. The number of phenolic OH excluding ortho intramolecular Hbond substituents is 1. The first-order valence-electron chi connectivity index (χ1n) is 7.92. The molecule has 2 N–H and O–H groups in total. The molecule has 1 aromatic heterocycles. The molecule has 0 aliphatic carbocycles. The molecule has 4 aromatic rings. The topological polar surface area (TPSA) is 48.9 Å². The van der Waals surface area contributed by atoms with Crippen LogP contribution in [-0.2, 0) is 0 Å². The monoisotopic (exact) mass is 346 g/mol. The number of halogens is 1. The summed E-state index contributed by atoms with van der Waals surface area (Å²) in [6.45, 7) is 0. The molecule has 3 nitrogen and oxygen atoms in total. The van der Waals surface area contributed by atoms with E-state index in [1.54, 1.807) is 18.2 Å². The summed E-state index contributed by atoms with van der Waals surface area (Å²) in [6, 6.07) is 24.9. The standard InChI is InChI=1S/C21H15ClN2O/c22-16-11-12-18(25)17(13-16)21-23-19(14-7-3-1-4-8-14)20(24-21)15-9-5-2-6-10-15/h1-13,25H,(H,23,24). The predicted octanol–water partition coefficient (Wildman–Crippen LogP) is 5.77. The Hall–Kier alpha value is -3.04. The van der Waals surface area contributed by atoms with E-state index in [-0.39, 0.29) is 5.75 Å². The van der Waals surface area contributed by atoms with Crippen LogP contribution in [-0.4, -0.2) is 15.1 Å². The number of aromatic amines is 1. The molecule has 0 fully saturated rings. The van der Waals surface area contributed by atoms with Gasteiger partial charge in [-0.1, -0.05) is 72.3 Å². The Labute approximate surface area is 150 Å². The maximum atomic E-state index is 10.2. The lowest BCUT2D eigenvalue weighted by atomic mass is 10.1.